The van der Waals surface area contributed by atoms with E-state index in [0.29, 0.717) is 6.04 Å². The van der Waals surface area contributed by atoms with Gasteiger partial charge in [0.25, 0.3) is 0 Å². The van der Waals surface area contributed by atoms with Crippen molar-refractivity contribution in [2.45, 2.75) is 57.7 Å². The molecule has 0 spiro atoms. The Morgan fingerprint density at radius 2 is 2.10 bits per heavy atom. The number of aliphatic hydroxyl groups excluding tert-OH is 1. The van der Waals surface area contributed by atoms with Gasteiger partial charge in [-0.25, -0.2) is 0 Å². The highest BCUT2D eigenvalue weighted by Gasteiger charge is 2.27. The fraction of sp³-hybridized carbons (Fsp3) is 0.667. The van der Waals surface area contributed by atoms with Gasteiger partial charge in [-0.2, -0.15) is 0 Å². The quantitative estimate of drug-likeness (QED) is 0.836. The van der Waals surface area contributed by atoms with Crippen molar-refractivity contribution in [1.82, 2.24) is 4.90 Å². The van der Waals surface area contributed by atoms with E-state index in [4.69, 9.17) is 4.74 Å². The normalized spacial score (nSPS) is 24.2. The SMILES string of the molecule is CC(O)CC1CCCN1Cc1ccccc1OCC1CC1. The zero-order chi connectivity index (χ0) is 14.7. The third-order valence-corrected chi connectivity index (χ3v) is 4.63. The summed E-state index contributed by atoms with van der Waals surface area (Å²) in [5.74, 6) is 1.83. The molecule has 1 saturated heterocycles. The van der Waals surface area contributed by atoms with E-state index in [-0.39, 0.29) is 6.10 Å². The summed E-state index contributed by atoms with van der Waals surface area (Å²) in [5, 5.41) is 9.65. The van der Waals surface area contributed by atoms with E-state index in [1.54, 1.807) is 0 Å². The van der Waals surface area contributed by atoms with Crippen molar-refractivity contribution in [2.24, 2.45) is 5.92 Å². The van der Waals surface area contributed by atoms with Crippen LogP contribution < -0.4 is 4.74 Å². The van der Waals surface area contributed by atoms with Gasteiger partial charge in [0.15, 0.2) is 0 Å². The summed E-state index contributed by atoms with van der Waals surface area (Å²) in [6.45, 7) is 4.84. The van der Waals surface area contributed by atoms with E-state index in [2.05, 4.69) is 29.2 Å². The van der Waals surface area contributed by atoms with Gasteiger partial charge in [-0.05, 0) is 57.6 Å². The maximum Gasteiger partial charge on any atom is 0.123 e. The second-order valence-corrected chi connectivity index (χ2v) is 6.71. The molecule has 1 aliphatic carbocycles. The average molecular weight is 289 g/mol. The van der Waals surface area contributed by atoms with Crippen LogP contribution in [0.1, 0.15) is 44.6 Å². The fourth-order valence-electron chi connectivity index (χ4n) is 3.25. The highest BCUT2D eigenvalue weighted by Crippen LogP contribution is 2.31. The number of rotatable bonds is 7. The molecule has 0 aromatic heterocycles. The number of para-hydroxylation sites is 1. The molecule has 1 heterocycles. The minimum absolute atomic E-state index is 0.211. The van der Waals surface area contributed by atoms with Crippen LogP contribution >= 0.6 is 0 Å². The molecule has 116 valence electrons. The topological polar surface area (TPSA) is 32.7 Å². The molecule has 2 fully saturated rings. The van der Waals surface area contributed by atoms with Crippen LogP contribution in [0.4, 0.5) is 0 Å². The Bertz CT molecular complexity index is 456. The number of likely N-dealkylation sites (tertiary alicyclic amines) is 1. The Hall–Kier alpha value is -1.06. The largest absolute Gasteiger partial charge is 0.493 e. The predicted molar refractivity (Wildman–Crippen MR) is 84.4 cm³/mol. The molecule has 0 bridgehead atoms. The summed E-state index contributed by atoms with van der Waals surface area (Å²) in [6, 6.07) is 8.95. The summed E-state index contributed by atoms with van der Waals surface area (Å²) < 4.78 is 6.01. The molecular formula is C18H27NO2. The Kier molecular flexibility index (Phi) is 4.81. The first kappa shape index (κ1) is 14.9. The molecule has 3 heteroatoms. The molecule has 1 N–H and O–H groups in total. The highest BCUT2D eigenvalue weighted by molar-refractivity contribution is 5.33. The van der Waals surface area contributed by atoms with Gasteiger partial charge in [0, 0.05) is 18.2 Å². The number of hydrogen-bond acceptors (Lipinski definition) is 3. The van der Waals surface area contributed by atoms with Crippen LogP contribution in [-0.2, 0) is 6.54 Å². The molecule has 1 aromatic rings. The van der Waals surface area contributed by atoms with Gasteiger partial charge in [-0.3, -0.25) is 4.90 Å². The zero-order valence-electron chi connectivity index (χ0n) is 13.0. The van der Waals surface area contributed by atoms with E-state index >= 15 is 0 Å². The zero-order valence-corrected chi connectivity index (χ0v) is 13.0. The van der Waals surface area contributed by atoms with Crippen molar-refractivity contribution in [3.63, 3.8) is 0 Å². The molecule has 0 amide bonds. The standard InChI is InChI=1S/C18H27NO2/c1-14(20)11-17-6-4-10-19(17)12-16-5-2-3-7-18(16)21-13-15-8-9-15/h2-3,5,7,14-15,17,20H,4,6,8-13H2,1H3. The van der Waals surface area contributed by atoms with Gasteiger partial charge < -0.3 is 9.84 Å². The lowest BCUT2D eigenvalue weighted by Crippen LogP contribution is -2.31. The van der Waals surface area contributed by atoms with Gasteiger partial charge in [0.2, 0.25) is 0 Å². The predicted octanol–water partition coefficient (Wildman–Crippen LogP) is 3.21. The molecule has 1 aliphatic heterocycles. The van der Waals surface area contributed by atoms with E-state index in [1.165, 1.54) is 31.2 Å². The van der Waals surface area contributed by atoms with Crippen LogP contribution in [0.25, 0.3) is 0 Å². The summed E-state index contributed by atoms with van der Waals surface area (Å²) in [6.07, 6.45) is 5.76. The summed E-state index contributed by atoms with van der Waals surface area (Å²) in [4.78, 5) is 2.51. The Balaban J connectivity index is 1.62. The number of ether oxygens (including phenoxy) is 1. The van der Waals surface area contributed by atoms with E-state index in [0.717, 1.165) is 37.8 Å². The molecule has 3 nitrogen and oxygen atoms in total. The second kappa shape index (κ2) is 6.80. The maximum absolute atomic E-state index is 9.65. The van der Waals surface area contributed by atoms with Crippen molar-refractivity contribution in [3.8, 4) is 5.75 Å². The first-order valence-corrected chi connectivity index (χ1v) is 8.35. The lowest BCUT2D eigenvalue weighted by Gasteiger charge is -2.26. The van der Waals surface area contributed by atoms with Crippen LogP contribution in [0.2, 0.25) is 0 Å². The Morgan fingerprint density at radius 1 is 1.29 bits per heavy atom. The lowest BCUT2D eigenvalue weighted by atomic mass is 10.1. The van der Waals surface area contributed by atoms with Crippen molar-refractivity contribution in [2.75, 3.05) is 13.2 Å². The number of hydrogen-bond donors (Lipinski definition) is 1. The average Bonchev–Trinajstić information content (AvgIpc) is 3.20. The Labute approximate surface area is 127 Å². The number of nitrogens with zero attached hydrogens (tertiary/aromatic N) is 1. The molecular weight excluding hydrogens is 262 g/mol. The van der Waals surface area contributed by atoms with Crippen LogP contribution in [0, 0.1) is 5.92 Å². The summed E-state index contributed by atoms with van der Waals surface area (Å²) in [5.41, 5.74) is 1.29. The van der Waals surface area contributed by atoms with Gasteiger partial charge in [0.1, 0.15) is 5.75 Å². The van der Waals surface area contributed by atoms with E-state index in [9.17, 15) is 5.11 Å². The van der Waals surface area contributed by atoms with Gasteiger partial charge in [0.05, 0.1) is 12.7 Å². The highest BCUT2D eigenvalue weighted by atomic mass is 16.5. The minimum atomic E-state index is -0.211. The van der Waals surface area contributed by atoms with Crippen molar-refractivity contribution >= 4 is 0 Å². The molecule has 2 aliphatic rings. The summed E-state index contributed by atoms with van der Waals surface area (Å²) in [7, 11) is 0. The molecule has 3 rings (SSSR count). The molecule has 21 heavy (non-hydrogen) atoms. The van der Waals surface area contributed by atoms with E-state index < -0.39 is 0 Å². The monoisotopic (exact) mass is 289 g/mol. The molecule has 2 atom stereocenters. The third kappa shape index (κ3) is 4.21. The summed E-state index contributed by atoms with van der Waals surface area (Å²) >= 11 is 0. The Morgan fingerprint density at radius 3 is 2.86 bits per heavy atom. The molecule has 1 saturated carbocycles. The maximum atomic E-state index is 9.65. The lowest BCUT2D eigenvalue weighted by molar-refractivity contribution is 0.130. The smallest absolute Gasteiger partial charge is 0.123 e. The second-order valence-electron chi connectivity index (χ2n) is 6.71. The van der Waals surface area contributed by atoms with E-state index in [1.807, 2.05) is 6.92 Å². The first-order chi connectivity index (χ1) is 10.2. The van der Waals surface area contributed by atoms with Gasteiger partial charge >= 0.3 is 0 Å². The first-order valence-electron chi connectivity index (χ1n) is 8.35. The van der Waals surface area contributed by atoms with Gasteiger partial charge in [-0.15, -0.1) is 0 Å². The molecule has 2 unspecified atom stereocenters. The van der Waals surface area contributed by atoms with Gasteiger partial charge in [-0.1, -0.05) is 18.2 Å². The number of benzene rings is 1. The van der Waals surface area contributed by atoms with Crippen molar-refractivity contribution < 1.29 is 9.84 Å². The van der Waals surface area contributed by atoms with Crippen LogP contribution in [-0.4, -0.2) is 35.3 Å². The molecule has 1 aromatic carbocycles. The minimum Gasteiger partial charge on any atom is -0.493 e. The fourth-order valence-corrected chi connectivity index (χ4v) is 3.25. The van der Waals surface area contributed by atoms with Crippen molar-refractivity contribution in [1.29, 1.82) is 0 Å². The van der Waals surface area contributed by atoms with Crippen LogP contribution in [0.5, 0.6) is 5.75 Å². The third-order valence-electron chi connectivity index (χ3n) is 4.63. The van der Waals surface area contributed by atoms with Crippen molar-refractivity contribution in [3.05, 3.63) is 29.8 Å². The molecule has 0 radical (unpaired) electrons. The van der Waals surface area contributed by atoms with Crippen LogP contribution in [0.3, 0.4) is 0 Å². The van der Waals surface area contributed by atoms with Crippen LogP contribution in [0.15, 0.2) is 24.3 Å². The number of aliphatic hydroxyl groups is 1.